The van der Waals surface area contributed by atoms with Crippen LogP contribution in [0.5, 0.6) is 0 Å². The summed E-state index contributed by atoms with van der Waals surface area (Å²) in [5, 5.41) is 8.56. The first-order valence-corrected chi connectivity index (χ1v) is 2.88. The maximum atomic E-state index is 10.7. The summed E-state index contributed by atoms with van der Waals surface area (Å²) in [5.41, 5.74) is 0. The number of carbonyl (C=O) groups is 1. The molecule has 0 spiro atoms. The molecule has 0 aromatic heterocycles. The van der Waals surface area contributed by atoms with Gasteiger partial charge in [-0.05, 0) is 0 Å². The molecule has 3 nitrogen and oxygen atoms in total. The van der Waals surface area contributed by atoms with Crippen molar-refractivity contribution in [1.29, 1.82) is 0 Å². The van der Waals surface area contributed by atoms with Gasteiger partial charge in [0.05, 0.1) is 19.6 Å². The summed E-state index contributed by atoms with van der Waals surface area (Å²) < 4.78 is 4.36. The zero-order chi connectivity index (χ0) is 7.98. The molecule has 56 valence electrons. The number of hydrogen-bond donors (Lipinski definition) is 1. The largest absolute Gasteiger partial charge is 0.469 e. The van der Waals surface area contributed by atoms with E-state index in [0.29, 0.717) is 0 Å². The molecular weight excluding hydrogens is 132 g/mol. The van der Waals surface area contributed by atoms with Crippen molar-refractivity contribution in [3.8, 4) is 12.3 Å². The number of hydrogen-bond acceptors (Lipinski definition) is 3. The first-order valence-electron chi connectivity index (χ1n) is 2.88. The fraction of sp³-hybridized carbons (Fsp3) is 0.571. The maximum Gasteiger partial charge on any atom is 0.311 e. The van der Waals surface area contributed by atoms with Gasteiger partial charge in [0.1, 0.15) is 0 Å². The topological polar surface area (TPSA) is 46.5 Å². The van der Waals surface area contributed by atoms with E-state index in [-0.39, 0.29) is 13.0 Å². The number of methoxy groups -OCH3 is 1. The third-order valence-corrected chi connectivity index (χ3v) is 1.12. The van der Waals surface area contributed by atoms with Crippen LogP contribution in [0.3, 0.4) is 0 Å². The van der Waals surface area contributed by atoms with Crippen molar-refractivity contribution in [3.05, 3.63) is 0 Å². The molecule has 0 saturated heterocycles. The Morgan fingerprint density at radius 3 is 2.80 bits per heavy atom. The van der Waals surface area contributed by atoms with E-state index in [0.717, 1.165) is 0 Å². The van der Waals surface area contributed by atoms with Gasteiger partial charge in [-0.25, -0.2) is 0 Å². The third kappa shape index (κ3) is 2.51. The van der Waals surface area contributed by atoms with Gasteiger partial charge in [0.25, 0.3) is 0 Å². The van der Waals surface area contributed by atoms with E-state index >= 15 is 0 Å². The van der Waals surface area contributed by atoms with Gasteiger partial charge in [-0.3, -0.25) is 4.79 Å². The molecule has 0 radical (unpaired) electrons. The molecule has 0 saturated carbocycles. The standard InChI is InChI=1S/C7H10O3/c1-3-4-6(5-8)7(9)10-2/h1,6,8H,4-5H2,2H3. The lowest BCUT2D eigenvalue weighted by molar-refractivity contribution is -0.146. The van der Waals surface area contributed by atoms with Crippen molar-refractivity contribution in [1.82, 2.24) is 0 Å². The number of rotatable bonds is 3. The lowest BCUT2D eigenvalue weighted by atomic mass is 10.1. The molecule has 0 amide bonds. The van der Waals surface area contributed by atoms with Crippen LogP contribution < -0.4 is 0 Å². The van der Waals surface area contributed by atoms with Crippen LogP contribution in [0.2, 0.25) is 0 Å². The molecule has 0 aliphatic rings. The van der Waals surface area contributed by atoms with Crippen LogP contribution in [-0.4, -0.2) is 24.8 Å². The molecule has 10 heavy (non-hydrogen) atoms. The van der Waals surface area contributed by atoms with Crippen LogP contribution in [0.1, 0.15) is 6.42 Å². The molecule has 1 atom stereocenters. The number of esters is 1. The van der Waals surface area contributed by atoms with Gasteiger partial charge in [-0.15, -0.1) is 12.3 Å². The quantitative estimate of drug-likeness (QED) is 0.438. The van der Waals surface area contributed by atoms with Gasteiger partial charge >= 0.3 is 5.97 Å². The smallest absolute Gasteiger partial charge is 0.311 e. The Hall–Kier alpha value is -1.01. The minimum absolute atomic E-state index is 0.225. The van der Waals surface area contributed by atoms with Gasteiger partial charge in [0.15, 0.2) is 0 Å². The SMILES string of the molecule is C#CCC(CO)C(=O)OC. The lowest BCUT2D eigenvalue weighted by Crippen LogP contribution is -2.19. The van der Waals surface area contributed by atoms with Crippen molar-refractivity contribution in [2.45, 2.75) is 6.42 Å². The monoisotopic (exact) mass is 142 g/mol. The summed E-state index contributed by atoms with van der Waals surface area (Å²) in [6, 6.07) is 0. The first kappa shape index (κ1) is 8.99. The summed E-state index contributed by atoms with van der Waals surface area (Å²) in [6.45, 7) is -0.253. The van der Waals surface area contributed by atoms with Crippen LogP contribution in [-0.2, 0) is 9.53 Å². The van der Waals surface area contributed by atoms with E-state index in [9.17, 15) is 4.79 Å². The van der Waals surface area contributed by atoms with E-state index in [1.165, 1.54) is 7.11 Å². The number of terminal acetylenes is 1. The molecule has 1 unspecified atom stereocenters. The average molecular weight is 142 g/mol. The van der Waals surface area contributed by atoms with E-state index in [1.54, 1.807) is 0 Å². The Balaban J connectivity index is 3.83. The van der Waals surface area contributed by atoms with E-state index in [4.69, 9.17) is 11.5 Å². The van der Waals surface area contributed by atoms with Gasteiger partial charge in [-0.1, -0.05) is 0 Å². The first-order chi connectivity index (χ1) is 4.76. The Morgan fingerprint density at radius 2 is 2.50 bits per heavy atom. The summed E-state index contributed by atoms with van der Waals surface area (Å²) in [4.78, 5) is 10.7. The van der Waals surface area contributed by atoms with Gasteiger partial charge in [0, 0.05) is 6.42 Å². The van der Waals surface area contributed by atoms with Crippen LogP contribution in [0.15, 0.2) is 0 Å². The van der Waals surface area contributed by atoms with Crippen molar-refractivity contribution in [2.75, 3.05) is 13.7 Å². The highest BCUT2D eigenvalue weighted by molar-refractivity contribution is 5.72. The number of aliphatic hydroxyl groups excluding tert-OH is 1. The summed E-state index contributed by atoms with van der Waals surface area (Å²) >= 11 is 0. The van der Waals surface area contributed by atoms with Crippen molar-refractivity contribution >= 4 is 5.97 Å². The maximum absolute atomic E-state index is 10.7. The third-order valence-electron chi connectivity index (χ3n) is 1.12. The summed E-state index contributed by atoms with van der Waals surface area (Å²) in [7, 11) is 1.27. The summed E-state index contributed by atoms with van der Waals surface area (Å²) in [5.74, 6) is 1.25. The van der Waals surface area contributed by atoms with Crippen molar-refractivity contribution in [2.24, 2.45) is 5.92 Å². The van der Waals surface area contributed by atoms with Crippen LogP contribution in [0.25, 0.3) is 0 Å². The fourth-order valence-corrected chi connectivity index (χ4v) is 0.531. The van der Waals surface area contributed by atoms with Gasteiger partial charge in [0.2, 0.25) is 0 Å². The minimum atomic E-state index is -0.560. The molecule has 0 bridgehead atoms. The second-order valence-electron chi connectivity index (χ2n) is 1.81. The van der Waals surface area contributed by atoms with Crippen LogP contribution >= 0.6 is 0 Å². The average Bonchev–Trinajstić information content (AvgIpc) is 1.99. The number of carbonyl (C=O) groups excluding carboxylic acids is 1. The molecule has 0 aliphatic heterocycles. The zero-order valence-corrected chi connectivity index (χ0v) is 5.83. The highest BCUT2D eigenvalue weighted by atomic mass is 16.5. The molecule has 0 aromatic carbocycles. The molecule has 1 N–H and O–H groups in total. The van der Waals surface area contributed by atoms with Gasteiger partial charge < -0.3 is 9.84 Å². The van der Waals surface area contributed by atoms with Gasteiger partial charge in [-0.2, -0.15) is 0 Å². The highest BCUT2D eigenvalue weighted by Crippen LogP contribution is 2.01. The second-order valence-corrected chi connectivity index (χ2v) is 1.81. The molecule has 0 rings (SSSR count). The van der Waals surface area contributed by atoms with Crippen molar-refractivity contribution < 1.29 is 14.6 Å². The van der Waals surface area contributed by atoms with E-state index in [2.05, 4.69) is 10.7 Å². The fourth-order valence-electron chi connectivity index (χ4n) is 0.531. The Kier molecular flexibility index (Phi) is 4.34. The molecule has 3 heteroatoms. The normalized spacial score (nSPS) is 11.7. The molecule has 0 aromatic rings. The predicted octanol–water partition coefficient (Wildman–Crippen LogP) is -0.209. The molecular formula is C7H10O3. The predicted molar refractivity (Wildman–Crippen MR) is 36.0 cm³/mol. The minimum Gasteiger partial charge on any atom is -0.469 e. The van der Waals surface area contributed by atoms with Crippen molar-refractivity contribution in [3.63, 3.8) is 0 Å². The zero-order valence-electron chi connectivity index (χ0n) is 5.83. The van der Waals surface area contributed by atoms with E-state index < -0.39 is 11.9 Å². The number of aliphatic hydroxyl groups is 1. The second kappa shape index (κ2) is 4.83. The molecule has 0 aliphatic carbocycles. The number of ether oxygens (including phenoxy) is 1. The molecule has 0 heterocycles. The Labute approximate surface area is 60.0 Å². The highest BCUT2D eigenvalue weighted by Gasteiger charge is 2.15. The molecule has 0 fully saturated rings. The lowest BCUT2D eigenvalue weighted by Gasteiger charge is -2.06. The Bertz CT molecular complexity index is 145. The summed E-state index contributed by atoms with van der Waals surface area (Å²) in [6.07, 6.45) is 5.15. The van der Waals surface area contributed by atoms with Crippen LogP contribution in [0, 0.1) is 18.3 Å². The van der Waals surface area contributed by atoms with Crippen LogP contribution in [0.4, 0.5) is 0 Å². The van der Waals surface area contributed by atoms with E-state index in [1.807, 2.05) is 0 Å². The Morgan fingerprint density at radius 1 is 1.90 bits per heavy atom.